The number of hydrogen-bond donors (Lipinski definition) is 1. The molecule has 1 atom stereocenters. The van der Waals surface area contributed by atoms with E-state index in [-0.39, 0.29) is 11.9 Å². The maximum Gasteiger partial charge on any atom is 0.256 e. The molecule has 0 saturated heterocycles. The molecule has 0 aliphatic rings. The topological polar surface area (TPSA) is 46.9 Å². The van der Waals surface area contributed by atoms with Crippen LogP contribution in [0.2, 0.25) is 5.15 Å². The molecule has 0 radical (unpaired) electrons. The quantitative estimate of drug-likeness (QED) is 0.615. The van der Waals surface area contributed by atoms with E-state index in [2.05, 4.69) is 41.6 Å². The molecule has 28 heavy (non-hydrogen) atoms. The summed E-state index contributed by atoms with van der Waals surface area (Å²) in [5, 5.41) is 7.91. The summed E-state index contributed by atoms with van der Waals surface area (Å²) in [6.45, 7) is 6.43. The fourth-order valence-corrected chi connectivity index (χ4v) is 3.50. The van der Waals surface area contributed by atoms with E-state index in [4.69, 9.17) is 11.6 Å². The van der Waals surface area contributed by atoms with E-state index in [1.54, 1.807) is 4.68 Å². The van der Waals surface area contributed by atoms with Crippen LogP contribution in [0, 0.1) is 13.8 Å². The van der Waals surface area contributed by atoms with Gasteiger partial charge in [0.15, 0.2) is 0 Å². The lowest BCUT2D eigenvalue weighted by Crippen LogP contribution is -2.33. The molecule has 1 unspecified atom stereocenters. The van der Waals surface area contributed by atoms with Gasteiger partial charge in [-0.15, -0.1) is 0 Å². The zero-order valence-corrected chi connectivity index (χ0v) is 17.3. The number of rotatable bonds is 7. The molecule has 0 aliphatic heterocycles. The summed E-state index contributed by atoms with van der Waals surface area (Å²) in [5.74, 6) is -0.168. The van der Waals surface area contributed by atoms with Crippen LogP contribution in [0.1, 0.15) is 46.1 Å². The highest BCUT2D eigenvalue weighted by Gasteiger charge is 2.21. The standard InChI is InChI=1S/C23H26ClN3O/c1-16-9-12-20(13-10-16)15-27-22(24)21(18(3)26-27)23(28)25-17(2)11-14-19-7-5-4-6-8-19/h4-10,12-13,17H,11,14-15H2,1-3H3,(H,25,28). The minimum atomic E-state index is -0.168. The third-order valence-electron chi connectivity index (χ3n) is 4.83. The lowest BCUT2D eigenvalue weighted by Gasteiger charge is -2.14. The third-order valence-corrected chi connectivity index (χ3v) is 5.22. The first-order chi connectivity index (χ1) is 13.4. The van der Waals surface area contributed by atoms with Crippen LogP contribution in [0.25, 0.3) is 0 Å². The van der Waals surface area contributed by atoms with Crippen molar-refractivity contribution in [3.05, 3.63) is 87.7 Å². The van der Waals surface area contributed by atoms with E-state index in [1.807, 2.05) is 44.2 Å². The van der Waals surface area contributed by atoms with Crippen LogP contribution >= 0.6 is 11.6 Å². The van der Waals surface area contributed by atoms with Crippen molar-refractivity contribution in [2.45, 2.75) is 46.2 Å². The Hall–Kier alpha value is -2.59. The molecule has 3 rings (SSSR count). The van der Waals surface area contributed by atoms with Crippen molar-refractivity contribution < 1.29 is 4.79 Å². The summed E-state index contributed by atoms with van der Waals surface area (Å²) in [4.78, 5) is 12.8. The first-order valence-electron chi connectivity index (χ1n) is 9.57. The molecular formula is C23H26ClN3O. The van der Waals surface area contributed by atoms with E-state index >= 15 is 0 Å². The number of carbonyl (C=O) groups is 1. The van der Waals surface area contributed by atoms with Gasteiger partial charge in [0.25, 0.3) is 5.91 Å². The molecule has 1 aromatic heterocycles. The van der Waals surface area contributed by atoms with Crippen molar-refractivity contribution in [3.8, 4) is 0 Å². The van der Waals surface area contributed by atoms with E-state index < -0.39 is 0 Å². The van der Waals surface area contributed by atoms with Gasteiger partial charge < -0.3 is 5.32 Å². The maximum atomic E-state index is 12.8. The summed E-state index contributed by atoms with van der Waals surface area (Å²) in [6, 6.07) is 18.5. The zero-order chi connectivity index (χ0) is 20.1. The second-order valence-electron chi connectivity index (χ2n) is 7.29. The van der Waals surface area contributed by atoms with Crippen LogP contribution in [-0.2, 0) is 13.0 Å². The van der Waals surface area contributed by atoms with Gasteiger partial charge in [-0.2, -0.15) is 5.10 Å². The molecule has 1 heterocycles. The minimum Gasteiger partial charge on any atom is -0.349 e. The summed E-state index contributed by atoms with van der Waals surface area (Å²) in [6.07, 6.45) is 1.78. The third kappa shape index (κ3) is 5.02. The number of amides is 1. The van der Waals surface area contributed by atoms with Crippen LogP contribution in [-0.4, -0.2) is 21.7 Å². The molecule has 2 aromatic carbocycles. The van der Waals surface area contributed by atoms with Crippen molar-refractivity contribution in [3.63, 3.8) is 0 Å². The van der Waals surface area contributed by atoms with Crippen LogP contribution in [0.4, 0.5) is 0 Å². The van der Waals surface area contributed by atoms with Crippen molar-refractivity contribution in [2.24, 2.45) is 0 Å². The molecule has 1 N–H and O–H groups in total. The van der Waals surface area contributed by atoms with Gasteiger partial charge in [-0.05, 0) is 44.7 Å². The number of hydrogen-bond acceptors (Lipinski definition) is 2. The number of halogens is 1. The largest absolute Gasteiger partial charge is 0.349 e. The second kappa shape index (κ2) is 9.07. The van der Waals surface area contributed by atoms with Gasteiger partial charge in [0.05, 0.1) is 17.8 Å². The van der Waals surface area contributed by atoms with Crippen LogP contribution in [0.3, 0.4) is 0 Å². The van der Waals surface area contributed by atoms with Crippen molar-refractivity contribution in [1.82, 2.24) is 15.1 Å². The Kier molecular flexibility index (Phi) is 6.53. The van der Waals surface area contributed by atoms with Gasteiger partial charge >= 0.3 is 0 Å². The fraction of sp³-hybridized carbons (Fsp3) is 0.304. The first-order valence-corrected chi connectivity index (χ1v) is 9.95. The van der Waals surface area contributed by atoms with Gasteiger partial charge in [0, 0.05) is 6.04 Å². The van der Waals surface area contributed by atoms with Gasteiger partial charge in [-0.3, -0.25) is 4.79 Å². The van der Waals surface area contributed by atoms with Gasteiger partial charge in [-0.1, -0.05) is 71.8 Å². The molecule has 0 spiro atoms. The highest BCUT2D eigenvalue weighted by atomic mass is 35.5. The lowest BCUT2D eigenvalue weighted by atomic mass is 10.1. The molecule has 4 nitrogen and oxygen atoms in total. The number of nitrogens with zero attached hydrogens (tertiary/aromatic N) is 2. The average molecular weight is 396 g/mol. The number of aryl methyl sites for hydroxylation is 3. The predicted molar refractivity (Wildman–Crippen MR) is 114 cm³/mol. The van der Waals surface area contributed by atoms with Gasteiger partial charge in [0.2, 0.25) is 0 Å². The number of carbonyl (C=O) groups excluding carboxylic acids is 1. The lowest BCUT2D eigenvalue weighted by molar-refractivity contribution is 0.0938. The van der Waals surface area contributed by atoms with Crippen molar-refractivity contribution >= 4 is 17.5 Å². The maximum absolute atomic E-state index is 12.8. The van der Waals surface area contributed by atoms with Gasteiger partial charge in [-0.25, -0.2) is 4.68 Å². The molecule has 0 aliphatic carbocycles. The Bertz CT molecular complexity index is 932. The van der Waals surface area contributed by atoms with Crippen LogP contribution in [0.5, 0.6) is 0 Å². The Balaban J connectivity index is 1.64. The zero-order valence-electron chi connectivity index (χ0n) is 16.6. The van der Waals surface area contributed by atoms with Crippen LogP contribution in [0.15, 0.2) is 54.6 Å². The summed E-state index contributed by atoms with van der Waals surface area (Å²) >= 11 is 6.50. The van der Waals surface area contributed by atoms with E-state index in [1.165, 1.54) is 11.1 Å². The fourth-order valence-electron chi connectivity index (χ4n) is 3.18. The Morgan fingerprint density at radius 2 is 1.75 bits per heavy atom. The van der Waals surface area contributed by atoms with Gasteiger partial charge in [0.1, 0.15) is 5.15 Å². The Morgan fingerprint density at radius 1 is 1.07 bits per heavy atom. The van der Waals surface area contributed by atoms with E-state index in [0.29, 0.717) is 23.0 Å². The van der Waals surface area contributed by atoms with E-state index in [0.717, 1.165) is 18.4 Å². The Labute approximate surface area is 171 Å². The molecule has 5 heteroatoms. The number of benzene rings is 2. The number of aromatic nitrogens is 2. The summed E-state index contributed by atoms with van der Waals surface area (Å²) < 4.78 is 1.69. The second-order valence-corrected chi connectivity index (χ2v) is 7.65. The highest BCUT2D eigenvalue weighted by Crippen LogP contribution is 2.21. The molecule has 0 saturated carbocycles. The smallest absolute Gasteiger partial charge is 0.256 e. The average Bonchev–Trinajstić information content (AvgIpc) is 2.96. The molecule has 146 valence electrons. The minimum absolute atomic E-state index is 0.0450. The SMILES string of the molecule is Cc1ccc(Cn2nc(C)c(C(=O)NC(C)CCc3ccccc3)c2Cl)cc1. The van der Waals surface area contributed by atoms with Crippen molar-refractivity contribution in [1.29, 1.82) is 0 Å². The van der Waals surface area contributed by atoms with Crippen LogP contribution < -0.4 is 5.32 Å². The molecule has 3 aromatic rings. The van der Waals surface area contributed by atoms with Crippen molar-refractivity contribution in [2.75, 3.05) is 0 Å². The molecular weight excluding hydrogens is 370 g/mol. The highest BCUT2D eigenvalue weighted by molar-refractivity contribution is 6.33. The molecule has 0 fully saturated rings. The molecule has 0 bridgehead atoms. The number of nitrogens with one attached hydrogen (secondary N) is 1. The molecule has 1 amide bonds. The first kappa shape index (κ1) is 20.2. The summed E-state index contributed by atoms with van der Waals surface area (Å²) in [5.41, 5.74) is 4.67. The van der Waals surface area contributed by atoms with E-state index in [9.17, 15) is 4.79 Å². The summed E-state index contributed by atoms with van der Waals surface area (Å²) in [7, 11) is 0. The normalized spacial score (nSPS) is 12.0. The monoisotopic (exact) mass is 395 g/mol. The predicted octanol–water partition coefficient (Wildman–Crippen LogP) is 4.95. The Morgan fingerprint density at radius 3 is 2.43 bits per heavy atom.